The highest BCUT2D eigenvalue weighted by atomic mass is 79.9. The topological polar surface area (TPSA) is 84.3 Å². The summed E-state index contributed by atoms with van der Waals surface area (Å²) in [5, 5.41) is 7.16. The van der Waals surface area contributed by atoms with E-state index in [2.05, 4.69) is 26.3 Å². The van der Waals surface area contributed by atoms with Crippen LogP contribution in [0.2, 0.25) is 0 Å². The van der Waals surface area contributed by atoms with E-state index in [4.69, 9.17) is 0 Å². The first-order valence-electron chi connectivity index (χ1n) is 8.88. The molecule has 1 saturated heterocycles. The molecule has 1 aliphatic rings. The Morgan fingerprint density at radius 2 is 2.26 bits per heavy atom. The minimum Gasteiger partial charge on any atom is -0.356 e. The third-order valence-corrected chi connectivity index (χ3v) is 8.48. The number of thiophene rings is 1. The zero-order chi connectivity index (χ0) is 19.4. The molecule has 3 heterocycles. The maximum absolute atomic E-state index is 12.8. The van der Waals surface area contributed by atoms with Crippen LogP contribution in [0.1, 0.15) is 24.8 Å². The van der Waals surface area contributed by atoms with E-state index in [0.717, 1.165) is 22.3 Å². The van der Waals surface area contributed by atoms with Gasteiger partial charge in [-0.1, -0.05) is 0 Å². The van der Waals surface area contributed by atoms with Crippen molar-refractivity contribution in [1.82, 2.24) is 19.4 Å². The molecule has 1 unspecified atom stereocenters. The number of piperidine rings is 1. The SMILES string of the molecule is Cc1cnn(CCCNC(=O)C2CCCN(S(=O)(=O)c3ccc(Br)s3)C2)c1. The number of sulfonamides is 1. The Hall–Kier alpha value is -1.23. The van der Waals surface area contributed by atoms with E-state index < -0.39 is 10.0 Å². The summed E-state index contributed by atoms with van der Waals surface area (Å²) in [7, 11) is -3.54. The molecule has 1 fully saturated rings. The van der Waals surface area contributed by atoms with Crippen LogP contribution < -0.4 is 5.32 Å². The lowest BCUT2D eigenvalue weighted by Crippen LogP contribution is -2.45. The van der Waals surface area contributed by atoms with Gasteiger partial charge in [-0.25, -0.2) is 8.42 Å². The second-order valence-corrected chi connectivity index (χ2v) is 11.3. The first-order chi connectivity index (χ1) is 12.9. The molecular weight excluding hydrogens is 452 g/mol. The maximum Gasteiger partial charge on any atom is 0.252 e. The second kappa shape index (κ2) is 8.85. The molecule has 7 nitrogen and oxygen atoms in total. The Kier molecular flexibility index (Phi) is 6.72. The van der Waals surface area contributed by atoms with Gasteiger partial charge in [0.25, 0.3) is 10.0 Å². The largest absolute Gasteiger partial charge is 0.356 e. The zero-order valence-corrected chi connectivity index (χ0v) is 18.3. The first-order valence-corrected chi connectivity index (χ1v) is 11.9. The van der Waals surface area contributed by atoms with Crippen molar-refractivity contribution < 1.29 is 13.2 Å². The summed E-state index contributed by atoms with van der Waals surface area (Å²) in [6.45, 7) is 3.98. The number of hydrogen-bond donors (Lipinski definition) is 1. The predicted molar refractivity (Wildman–Crippen MR) is 108 cm³/mol. The van der Waals surface area contributed by atoms with E-state index in [0.29, 0.717) is 30.1 Å². The Bertz CT molecular complexity index is 894. The third-order valence-electron chi connectivity index (χ3n) is 4.52. The Morgan fingerprint density at radius 1 is 1.44 bits per heavy atom. The molecule has 0 spiro atoms. The molecule has 0 aromatic carbocycles. The summed E-state index contributed by atoms with van der Waals surface area (Å²) in [5.74, 6) is -0.372. The molecule has 3 rings (SSSR count). The number of aryl methyl sites for hydroxylation is 2. The van der Waals surface area contributed by atoms with Crippen molar-refractivity contribution in [3.05, 3.63) is 33.9 Å². The van der Waals surface area contributed by atoms with Crippen LogP contribution in [0.15, 0.2) is 32.5 Å². The average Bonchev–Trinajstić information content (AvgIpc) is 3.27. The summed E-state index contributed by atoms with van der Waals surface area (Å²) < 4.78 is 29.9. The normalized spacial score (nSPS) is 18.5. The summed E-state index contributed by atoms with van der Waals surface area (Å²) >= 11 is 4.50. The van der Waals surface area contributed by atoms with Crippen LogP contribution in [0, 0.1) is 12.8 Å². The van der Waals surface area contributed by atoms with E-state index >= 15 is 0 Å². The number of carbonyl (C=O) groups excluding carboxylic acids is 1. The van der Waals surface area contributed by atoms with Crippen LogP contribution in [0.3, 0.4) is 0 Å². The van der Waals surface area contributed by atoms with Crippen LogP contribution in [-0.2, 0) is 21.4 Å². The molecule has 10 heteroatoms. The minimum absolute atomic E-state index is 0.0705. The highest BCUT2D eigenvalue weighted by molar-refractivity contribution is 9.11. The molecule has 0 aliphatic carbocycles. The predicted octanol–water partition coefficient (Wildman–Crippen LogP) is 2.62. The molecule has 2 aromatic heterocycles. The third kappa shape index (κ3) is 5.18. The Labute approximate surface area is 171 Å². The van der Waals surface area contributed by atoms with Crippen LogP contribution in [0.25, 0.3) is 0 Å². The van der Waals surface area contributed by atoms with Crippen molar-refractivity contribution in [3.8, 4) is 0 Å². The van der Waals surface area contributed by atoms with Crippen molar-refractivity contribution >= 4 is 43.2 Å². The molecule has 148 valence electrons. The van der Waals surface area contributed by atoms with Crippen molar-refractivity contribution in [3.63, 3.8) is 0 Å². The summed E-state index contributed by atoms with van der Waals surface area (Å²) in [4.78, 5) is 12.5. The Morgan fingerprint density at radius 3 is 2.93 bits per heavy atom. The minimum atomic E-state index is -3.54. The van der Waals surface area contributed by atoms with Gasteiger partial charge in [0.05, 0.1) is 15.9 Å². The summed E-state index contributed by atoms with van der Waals surface area (Å²) in [6.07, 6.45) is 5.96. The van der Waals surface area contributed by atoms with Crippen LogP contribution >= 0.6 is 27.3 Å². The van der Waals surface area contributed by atoms with Gasteiger partial charge in [0, 0.05) is 32.4 Å². The van der Waals surface area contributed by atoms with Crippen molar-refractivity contribution in [2.24, 2.45) is 5.92 Å². The molecule has 1 amide bonds. The van der Waals surface area contributed by atoms with Gasteiger partial charge in [0.2, 0.25) is 5.91 Å². The van der Waals surface area contributed by atoms with Crippen LogP contribution in [-0.4, -0.2) is 48.0 Å². The van der Waals surface area contributed by atoms with Gasteiger partial charge in [-0.15, -0.1) is 11.3 Å². The maximum atomic E-state index is 12.8. The zero-order valence-electron chi connectivity index (χ0n) is 15.1. The standard InChI is InChI=1S/C17H23BrN4O3S2/c1-13-10-20-21(11-13)8-3-7-19-17(23)14-4-2-9-22(12-14)27(24,25)16-6-5-15(18)26-16/h5-6,10-11,14H,2-4,7-9,12H2,1H3,(H,19,23). The summed E-state index contributed by atoms with van der Waals surface area (Å²) in [6, 6.07) is 3.33. The monoisotopic (exact) mass is 474 g/mol. The quantitative estimate of drug-likeness (QED) is 0.624. The number of aromatic nitrogens is 2. The van der Waals surface area contributed by atoms with Gasteiger partial charge in [-0.3, -0.25) is 9.48 Å². The molecule has 0 saturated carbocycles. The number of halogens is 1. The second-order valence-electron chi connectivity index (χ2n) is 6.69. The number of nitrogens with zero attached hydrogens (tertiary/aromatic N) is 3. The molecule has 0 radical (unpaired) electrons. The first kappa shape index (κ1) is 20.5. The lowest BCUT2D eigenvalue weighted by Gasteiger charge is -2.30. The van der Waals surface area contributed by atoms with Gasteiger partial charge in [0.15, 0.2) is 0 Å². The molecule has 2 aromatic rings. The molecule has 0 bridgehead atoms. The van der Waals surface area contributed by atoms with Crippen molar-refractivity contribution in [1.29, 1.82) is 0 Å². The van der Waals surface area contributed by atoms with E-state index in [9.17, 15) is 13.2 Å². The highest BCUT2D eigenvalue weighted by Gasteiger charge is 2.33. The van der Waals surface area contributed by atoms with Crippen molar-refractivity contribution in [2.75, 3.05) is 19.6 Å². The fourth-order valence-electron chi connectivity index (χ4n) is 3.12. The number of hydrogen-bond acceptors (Lipinski definition) is 5. The number of nitrogens with one attached hydrogen (secondary N) is 1. The molecule has 1 aliphatic heterocycles. The van der Waals surface area contributed by atoms with Crippen LogP contribution in [0.5, 0.6) is 0 Å². The van der Waals surface area contributed by atoms with E-state index in [1.54, 1.807) is 12.1 Å². The lowest BCUT2D eigenvalue weighted by molar-refractivity contribution is -0.126. The van der Waals surface area contributed by atoms with E-state index in [-0.39, 0.29) is 18.4 Å². The molecule has 1 N–H and O–H groups in total. The molecule has 27 heavy (non-hydrogen) atoms. The molecule has 1 atom stereocenters. The number of amides is 1. The van der Waals surface area contributed by atoms with Gasteiger partial charge in [-0.05, 0) is 59.8 Å². The van der Waals surface area contributed by atoms with E-state index in [1.807, 2.05) is 24.0 Å². The van der Waals surface area contributed by atoms with Gasteiger partial charge in [0.1, 0.15) is 4.21 Å². The van der Waals surface area contributed by atoms with Gasteiger partial charge >= 0.3 is 0 Å². The number of rotatable bonds is 7. The van der Waals surface area contributed by atoms with Gasteiger partial charge in [-0.2, -0.15) is 9.40 Å². The summed E-state index contributed by atoms with van der Waals surface area (Å²) in [5.41, 5.74) is 1.11. The lowest BCUT2D eigenvalue weighted by atomic mass is 9.99. The number of carbonyl (C=O) groups is 1. The molecular formula is C17H23BrN4O3S2. The smallest absolute Gasteiger partial charge is 0.252 e. The van der Waals surface area contributed by atoms with E-state index in [1.165, 1.54) is 15.6 Å². The average molecular weight is 475 g/mol. The van der Waals surface area contributed by atoms with Gasteiger partial charge < -0.3 is 5.32 Å². The Balaban J connectivity index is 1.50. The fourth-order valence-corrected chi connectivity index (χ4v) is 6.81. The van der Waals surface area contributed by atoms with Crippen LogP contribution in [0.4, 0.5) is 0 Å². The highest BCUT2D eigenvalue weighted by Crippen LogP contribution is 2.30. The fraction of sp³-hybridized carbons (Fsp3) is 0.529. The van der Waals surface area contributed by atoms with Crippen molar-refractivity contribution in [2.45, 2.75) is 36.9 Å².